The molecule has 1 aliphatic rings. The van der Waals surface area contributed by atoms with Gasteiger partial charge in [-0.1, -0.05) is 11.6 Å². The van der Waals surface area contributed by atoms with Crippen LogP contribution in [0.4, 0.5) is 23.8 Å². The van der Waals surface area contributed by atoms with Crippen LogP contribution in [0.25, 0.3) is 11.0 Å². The summed E-state index contributed by atoms with van der Waals surface area (Å²) in [7, 11) is 0. The van der Waals surface area contributed by atoms with Crippen LogP contribution in [-0.2, 0) is 4.74 Å². The van der Waals surface area contributed by atoms with Crippen LogP contribution in [0.15, 0.2) is 12.4 Å². The topological polar surface area (TPSA) is 108 Å². The Balaban J connectivity index is 1.77. The molecule has 2 N–H and O–H groups in total. The van der Waals surface area contributed by atoms with Crippen LogP contribution in [0, 0.1) is 5.82 Å². The average Bonchev–Trinajstić information content (AvgIpc) is 3.17. The van der Waals surface area contributed by atoms with E-state index >= 15 is 4.39 Å². The van der Waals surface area contributed by atoms with Gasteiger partial charge in [-0.3, -0.25) is 0 Å². The molecule has 1 aliphatic heterocycles. The number of fused-ring (bicyclic) bond motifs is 1. The van der Waals surface area contributed by atoms with Gasteiger partial charge in [0.25, 0.3) is 6.43 Å². The molecular formula is C24H28ClF3N6O3. The Morgan fingerprint density at radius 3 is 2.57 bits per heavy atom. The molecule has 3 heterocycles. The number of amides is 1. The Morgan fingerprint density at radius 2 is 1.97 bits per heavy atom. The molecular weight excluding hydrogens is 513 g/mol. The molecule has 1 atom stereocenters. The smallest absolute Gasteiger partial charge is 0.410 e. The van der Waals surface area contributed by atoms with E-state index in [9.17, 15) is 13.6 Å². The third-order valence-electron chi connectivity index (χ3n) is 6.03. The lowest BCUT2D eigenvalue weighted by Gasteiger charge is -2.41. The van der Waals surface area contributed by atoms with Gasteiger partial charge in [0.05, 0.1) is 23.1 Å². The number of benzene rings is 1. The van der Waals surface area contributed by atoms with Crippen molar-refractivity contribution in [2.45, 2.75) is 58.6 Å². The maximum atomic E-state index is 15.4. The average molecular weight is 541 g/mol. The maximum absolute atomic E-state index is 15.4. The van der Waals surface area contributed by atoms with Gasteiger partial charge < -0.3 is 20.1 Å². The molecule has 1 fully saturated rings. The molecule has 37 heavy (non-hydrogen) atoms. The molecule has 1 amide bonds. The van der Waals surface area contributed by atoms with Crippen LogP contribution < -0.4 is 10.5 Å². The number of nitrogen functional groups attached to an aromatic ring is 1. The summed E-state index contributed by atoms with van der Waals surface area (Å²) < 4.78 is 55.5. The van der Waals surface area contributed by atoms with Crippen LogP contribution in [0.3, 0.4) is 0 Å². The predicted octanol–water partition coefficient (Wildman–Crippen LogP) is 5.48. The summed E-state index contributed by atoms with van der Waals surface area (Å²) in [5.74, 6) is -0.990. The second-order valence-corrected chi connectivity index (χ2v) is 10.2. The van der Waals surface area contributed by atoms with Gasteiger partial charge in [-0.05, 0) is 40.7 Å². The first-order valence-corrected chi connectivity index (χ1v) is 12.1. The first-order valence-electron chi connectivity index (χ1n) is 11.7. The largest absolute Gasteiger partial charge is 0.493 e. The lowest BCUT2D eigenvalue weighted by Crippen LogP contribution is -2.50. The van der Waals surface area contributed by atoms with Crippen molar-refractivity contribution in [2.75, 3.05) is 25.4 Å². The number of rotatable bonds is 6. The van der Waals surface area contributed by atoms with Crippen molar-refractivity contribution in [2.24, 2.45) is 0 Å². The number of halogens is 4. The summed E-state index contributed by atoms with van der Waals surface area (Å²) in [6.45, 7) is 9.31. The molecule has 9 nitrogen and oxygen atoms in total. The van der Waals surface area contributed by atoms with E-state index in [0.29, 0.717) is 5.56 Å². The third-order valence-corrected chi connectivity index (χ3v) is 6.31. The van der Waals surface area contributed by atoms with Gasteiger partial charge in [0, 0.05) is 30.1 Å². The number of carbonyl (C=O) groups excluding carboxylic acids is 1. The second-order valence-electron chi connectivity index (χ2n) is 9.78. The number of ether oxygens (including phenoxy) is 2. The molecule has 13 heteroatoms. The summed E-state index contributed by atoms with van der Waals surface area (Å²) >= 11 is 6.30. The molecule has 0 bridgehead atoms. The number of carbonyl (C=O) groups is 1. The summed E-state index contributed by atoms with van der Waals surface area (Å²) in [5, 5.41) is 3.86. The van der Waals surface area contributed by atoms with Gasteiger partial charge in [0.15, 0.2) is 5.65 Å². The predicted molar refractivity (Wildman–Crippen MR) is 132 cm³/mol. The minimum atomic E-state index is -2.92. The fraction of sp³-hybridized carbons (Fsp3) is 0.500. The van der Waals surface area contributed by atoms with Crippen molar-refractivity contribution >= 4 is 34.5 Å². The van der Waals surface area contributed by atoms with E-state index in [1.165, 1.54) is 15.6 Å². The third kappa shape index (κ3) is 4.98. The van der Waals surface area contributed by atoms with Crippen molar-refractivity contribution in [3.63, 3.8) is 0 Å². The summed E-state index contributed by atoms with van der Waals surface area (Å²) in [6.07, 6.45) is -2.27. The lowest BCUT2D eigenvalue weighted by atomic mass is 9.88. The van der Waals surface area contributed by atoms with Crippen molar-refractivity contribution in [3.05, 3.63) is 40.1 Å². The number of hydrogen-bond acceptors (Lipinski definition) is 7. The number of hydrogen-bond donors (Lipinski definition) is 1. The molecule has 200 valence electrons. The normalized spacial score (nSPS) is 15.2. The zero-order valence-electron chi connectivity index (χ0n) is 21.1. The van der Waals surface area contributed by atoms with Crippen LogP contribution in [-0.4, -0.2) is 56.0 Å². The highest BCUT2D eigenvalue weighted by atomic mass is 35.5. The molecule has 0 saturated carbocycles. The van der Waals surface area contributed by atoms with Crippen LogP contribution in [0.5, 0.6) is 5.75 Å². The number of nitrogens with zero attached hydrogens (tertiary/aromatic N) is 5. The van der Waals surface area contributed by atoms with Crippen molar-refractivity contribution < 1.29 is 27.4 Å². The van der Waals surface area contributed by atoms with E-state index in [1.54, 1.807) is 34.6 Å². The Kier molecular flexibility index (Phi) is 7.15. The SMILES string of the molecule is CCOc1c(C(C)n2nc(C(F)F)c3c(N)ncnc32)cc(Cl)c(F)c1C1CN(C(=O)OC(C)(C)C)C1. The second kappa shape index (κ2) is 9.88. The van der Waals surface area contributed by atoms with E-state index in [1.807, 2.05) is 0 Å². The fourth-order valence-corrected chi connectivity index (χ4v) is 4.56. The van der Waals surface area contributed by atoms with Crippen molar-refractivity contribution in [3.8, 4) is 5.75 Å². The first-order chi connectivity index (χ1) is 17.3. The molecule has 0 radical (unpaired) electrons. The number of anilines is 1. The maximum Gasteiger partial charge on any atom is 0.410 e. The summed E-state index contributed by atoms with van der Waals surface area (Å²) in [5.41, 5.74) is 5.35. The zero-order valence-corrected chi connectivity index (χ0v) is 21.8. The van der Waals surface area contributed by atoms with Crippen LogP contribution in [0.2, 0.25) is 5.02 Å². The van der Waals surface area contributed by atoms with Gasteiger partial charge in [-0.2, -0.15) is 5.10 Å². The number of alkyl halides is 2. The highest BCUT2D eigenvalue weighted by Crippen LogP contribution is 2.44. The Bertz CT molecular complexity index is 1340. The number of nitrogens with two attached hydrogens (primary N) is 1. The molecule has 0 aliphatic carbocycles. The van der Waals surface area contributed by atoms with Crippen molar-refractivity contribution in [1.82, 2.24) is 24.6 Å². The first kappa shape index (κ1) is 26.8. The summed E-state index contributed by atoms with van der Waals surface area (Å²) in [6, 6.07) is 0.644. The van der Waals surface area contributed by atoms with Gasteiger partial charge in [0.2, 0.25) is 0 Å². The molecule has 2 aromatic heterocycles. The van der Waals surface area contributed by atoms with Gasteiger partial charge in [0.1, 0.15) is 35.0 Å². The highest BCUT2D eigenvalue weighted by Gasteiger charge is 2.39. The van der Waals surface area contributed by atoms with E-state index < -0.39 is 41.6 Å². The minimum absolute atomic E-state index is 0.0530. The summed E-state index contributed by atoms with van der Waals surface area (Å²) in [4.78, 5) is 21.8. The van der Waals surface area contributed by atoms with Gasteiger partial charge in [-0.15, -0.1) is 0 Å². The van der Waals surface area contributed by atoms with Crippen molar-refractivity contribution in [1.29, 1.82) is 0 Å². The molecule has 0 spiro atoms. The standard InChI is InChI=1S/C24H28ClF3N6O3/c1-6-36-19-13(11(2)34-22-16(18(32-34)20(27)28)21(29)30-10-31-22)7-14(25)17(26)15(19)12-8-33(9-12)23(35)37-24(3,4)5/h7,10-12,20H,6,8-9H2,1-5H3,(H2,29,30,31). The molecule has 1 saturated heterocycles. The van der Waals surface area contributed by atoms with E-state index in [2.05, 4.69) is 15.1 Å². The molecule has 1 unspecified atom stereocenters. The Hall–Kier alpha value is -3.28. The van der Waals surface area contributed by atoms with E-state index in [0.717, 1.165) is 6.33 Å². The lowest BCUT2D eigenvalue weighted by molar-refractivity contribution is 0.00763. The Labute approximate surface area is 216 Å². The molecule has 4 rings (SSSR count). The van der Waals surface area contributed by atoms with Gasteiger partial charge >= 0.3 is 6.09 Å². The van der Waals surface area contributed by atoms with E-state index in [4.69, 9.17) is 26.8 Å². The molecule has 3 aromatic rings. The van der Waals surface area contributed by atoms with Gasteiger partial charge in [-0.25, -0.2) is 32.6 Å². The Morgan fingerprint density at radius 1 is 1.30 bits per heavy atom. The zero-order chi connectivity index (χ0) is 27.2. The van der Waals surface area contributed by atoms with Crippen LogP contribution in [0.1, 0.15) is 69.8 Å². The van der Waals surface area contributed by atoms with Crippen LogP contribution >= 0.6 is 11.6 Å². The minimum Gasteiger partial charge on any atom is -0.493 e. The van der Waals surface area contributed by atoms with E-state index in [-0.39, 0.29) is 52.9 Å². The quantitative estimate of drug-likeness (QED) is 0.441. The number of likely N-dealkylation sites (tertiary alicyclic amines) is 1. The highest BCUT2D eigenvalue weighted by molar-refractivity contribution is 6.31. The fourth-order valence-electron chi connectivity index (χ4n) is 4.34. The monoisotopic (exact) mass is 540 g/mol. The number of aromatic nitrogens is 4. The molecule has 1 aromatic carbocycles.